The Labute approximate surface area is 338 Å². The molecule has 2 aliphatic rings. The van der Waals surface area contributed by atoms with Gasteiger partial charge in [-0.05, 0) is 72.2 Å². The fourth-order valence-corrected chi connectivity index (χ4v) is 7.88. The Morgan fingerprint density at radius 2 is 1.02 bits per heavy atom. The summed E-state index contributed by atoms with van der Waals surface area (Å²) in [7, 11) is 2.00. The van der Waals surface area contributed by atoms with Crippen molar-refractivity contribution in [3.05, 3.63) is 72.3 Å². The number of rotatable bonds is 10. The standard InChI is InChI=1S/C40H40F6N8O6/c1-59-37(57)51-29(19-39(41,42)43)35(55)53-15-3-5-31(53)33-47-25-13-11-23(17-27(25)49-33)21-7-9-22(10-8-21)24-12-14-26-28(18-24)50-34(48-26)32-6-4-16-54(32)36(56)30(20-40(44,45)46)52-38(58)60-2/h7-14,17-18,29-32H,3-6,15-16,19-20H2,1-2H3,(H,47,49)(H,48,50)(H,51,57)(H,52,58)/t29-,30-,31-,32-/m0/s1. The first kappa shape index (κ1) is 41.8. The van der Waals surface area contributed by atoms with Gasteiger partial charge < -0.3 is 39.9 Å². The summed E-state index contributed by atoms with van der Waals surface area (Å²) in [6.45, 7) is 0.382. The number of imidazole rings is 2. The molecule has 318 valence electrons. The fraction of sp³-hybridized carbons (Fsp3) is 0.400. The number of hydrogen-bond donors (Lipinski definition) is 4. The molecule has 4 atom stereocenters. The molecule has 4 N–H and O–H groups in total. The average Bonchev–Trinajstić information content (AvgIpc) is 4.03. The van der Waals surface area contributed by atoms with Gasteiger partial charge in [0.05, 0.1) is 61.2 Å². The Hall–Kier alpha value is -6.34. The maximum absolute atomic E-state index is 13.3. The summed E-state index contributed by atoms with van der Waals surface area (Å²) in [5.74, 6) is -0.933. The van der Waals surface area contributed by atoms with Crippen LogP contribution in [0.1, 0.15) is 62.3 Å². The summed E-state index contributed by atoms with van der Waals surface area (Å²) < 4.78 is 89.0. The molecule has 2 saturated heterocycles. The number of ether oxygens (including phenoxy) is 2. The van der Waals surface area contributed by atoms with Crippen molar-refractivity contribution < 1.29 is 55.0 Å². The van der Waals surface area contributed by atoms with Crippen molar-refractivity contribution in [2.75, 3.05) is 27.3 Å². The van der Waals surface area contributed by atoms with E-state index in [0.29, 0.717) is 59.4 Å². The number of alkyl halides is 6. The van der Waals surface area contributed by atoms with Gasteiger partial charge in [0, 0.05) is 13.1 Å². The number of aromatic amines is 2. The van der Waals surface area contributed by atoms with E-state index in [4.69, 9.17) is 0 Å². The van der Waals surface area contributed by atoms with E-state index in [-0.39, 0.29) is 13.1 Å². The number of carbonyl (C=O) groups is 4. The van der Waals surface area contributed by atoms with Crippen molar-refractivity contribution in [3.63, 3.8) is 0 Å². The second-order valence-electron chi connectivity index (χ2n) is 14.7. The first-order valence-electron chi connectivity index (χ1n) is 19.0. The second-order valence-corrected chi connectivity index (χ2v) is 14.7. The van der Waals surface area contributed by atoms with Gasteiger partial charge in [-0.3, -0.25) is 9.59 Å². The van der Waals surface area contributed by atoms with Crippen molar-refractivity contribution in [2.45, 2.75) is 75.0 Å². The van der Waals surface area contributed by atoms with Crippen LogP contribution in [-0.2, 0) is 19.1 Å². The summed E-state index contributed by atoms with van der Waals surface area (Å²) in [4.78, 5) is 68.7. The summed E-state index contributed by atoms with van der Waals surface area (Å²) >= 11 is 0. The number of nitrogens with zero attached hydrogens (tertiary/aromatic N) is 4. The number of fused-ring (bicyclic) bond motifs is 2. The Bertz CT molecular complexity index is 2230. The smallest absolute Gasteiger partial charge is 0.407 e. The minimum Gasteiger partial charge on any atom is -0.453 e. The molecule has 2 aromatic heterocycles. The van der Waals surface area contributed by atoms with E-state index in [1.165, 1.54) is 9.80 Å². The van der Waals surface area contributed by atoms with Crippen LogP contribution >= 0.6 is 0 Å². The van der Waals surface area contributed by atoms with E-state index < -0.39 is 73.4 Å². The molecule has 60 heavy (non-hydrogen) atoms. The molecule has 4 amide bonds. The summed E-state index contributed by atoms with van der Waals surface area (Å²) in [6.07, 6.45) is -12.8. The molecule has 0 saturated carbocycles. The Balaban J connectivity index is 1.06. The molecule has 20 heteroatoms. The van der Waals surface area contributed by atoms with Crippen molar-refractivity contribution in [1.82, 2.24) is 40.4 Å². The van der Waals surface area contributed by atoms with Crippen LogP contribution in [0.4, 0.5) is 35.9 Å². The van der Waals surface area contributed by atoms with E-state index in [1.807, 2.05) is 59.2 Å². The van der Waals surface area contributed by atoms with Gasteiger partial charge in [-0.25, -0.2) is 19.6 Å². The maximum atomic E-state index is 13.3. The molecule has 0 bridgehead atoms. The lowest BCUT2D eigenvalue weighted by molar-refractivity contribution is -0.154. The SMILES string of the molecule is COC(=O)N[C@@H](CC(F)(F)F)C(=O)N1CCC[C@H]1c1nc2ccc(-c3ccc(-c4ccc5nc([C@@H]6CCCN6C(=O)[C@H](CC(F)(F)F)NC(=O)OC)[nH]c5c4)cc3)cc2[nH]1. The zero-order valence-electron chi connectivity index (χ0n) is 32.2. The van der Waals surface area contributed by atoms with Crippen LogP contribution in [0.2, 0.25) is 0 Å². The maximum Gasteiger partial charge on any atom is 0.407 e. The van der Waals surface area contributed by atoms with Crippen molar-refractivity contribution in [2.24, 2.45) is 0 Å². The highest BCUT2D eigenvalue weighted by Crippen LogP contribution is 2.37. The lowest BCUT2D eigenvalue weighted by Gasteiger charge is -2.28. The van der Waals surface area contributed by atoms with Gasteiger partial charge in [0.1, 0.15) is 23.7 Å². The number of aromatic nitrogens is 4. The van der Waals surface area contributed by atoms with E-state index >= 15 is 0 Å². The third-order valence-corrected chi connectivity index (χ3v) is 10.7. The molecule has 2 aliphatic heterocycles. The predicted molar refractivity (Wildman–Crippen MR) is 204 cm³/mol. The molecule has 0 aliphatic carbocycles. The zero-order chi connectivity index (χ0) is 42.9. The van der Waals surface area contributed by atoms with Gasteiger partial charge in [-0.2, -0.15) is 26.3 Å². The van der Waals surface area contributed by atoms with Gasteiger partial charge >= 0.3 is 24.5 Å². The van der Waals surface area contributed by atoms with Gasteiger partial charge in [0.15, 0.2) is 0 Å². The summed E-state index contributed by atoms with van der Waals surface area (Å²) in [5, 5.41) is 4.04. The molecular weight excluding hydrogens is 802 g/mol. The summed E-state index contributed by atoms with van der Waals surface area (Å²) in [6, 6.07) is 13.9. The first-order valence-corrected chi connectivity index (χ1v) is 19.0. The van der Waals surface area contributed by atoms with Crippen LogP contribution in [0.3, 0.4) is 0 Å². The molecule has 3 aromatic carbocycles. The number of nitrogens with one attached hydrogen (secondary N) is 4. The number of benzene rings is 3. The van der Waals surface area contributed by atoms with E-state index in [1.54, 1.807) is 12.1 Å². The molecular formula is C40H40F6N8O6. The number of hydrogen-bond acceptors (Lipinski definition) is 8. The van der Waals surface area contributed by atoms with Crippen LogP contribution in [0.5, 0.6) is 0 Å². The number of likely N-dealkylation sites (tertiary alicyclic amines) is 2. The molecule has 0 radical (unpaired) electrons. The minimum atomic E-state index is -4.71. The third-order valence-electron chi connectivity index (χ3n) is 10.7. The highest BCUT2D eigenvalue weighted by atomic mass is 19.4. The number of carbonyl (C=O) groups excluding carboxylic acids is 4. The Morgan fingerprint density at radius 3 is 1.37 bits per heavy atom. The molecule has 2 fully saturated rings. The molecule has 0 unspecified atom stereocenters. The predicted octanol–water partition coefficient (Wildman–Crippen LogP) is 7.45. The van der Waals surface area contributed by atoms with Gasteiger partial charge in [0.25, 0.3) is 0 Å². The molecule has 7 rings (SSSR count). The van der Waals surface area contributed by atoms with E-state index in [0.717, 1.165) is 36.5 Å². The number of methoxy groups -OCH3 is 2. The highest BCUT2D eigenvalue weighted by molar-refractivity contribution is 5.88. The number of amides is 4. The van der Waals surface area contributed by atoms with E-state index in [2.05, 4.69) is 29.4 Å². The Morgan fingerprint density at radius 1 is 0.650 bits per heavy atom. The fourth-order valence-electron chi connectivity index (χ4n) is 7.88. The lowest BCUT2D eigenvalue weighted by Crippen LogP contribution is -2.50. The van der Waals surface area contributed by atoms with Crippen LogP contribution in [0.15, 0.2) is 60.7 Å². The first-order chi connectivity index (χ1) is 28.5. The van der Waals surface area contributed by atoms with Gasteiger partial charge in [0.2, 0.25) is 11.8 Å². The molecule has 14 nitrogen and oxygen atoms in total. The molecule has 5 aromatic rings. The zero-order valence-corrected chi connectivity index (χ0v) is 32.2. The number of H-pyrrole nitrogens is 2. The highest BCUT2D eigenvalue weighted by Gasteiger charge is 2.43. The van der Waals surface area contributed by atoms with Crippen LogP contribution < -0.4 is 10.6 Å². The quantitative estimate of drug-likeness (QED) is 0.105. The second kappa shape index (κ2) is 16.7. The van der Waals surface area contributed by atoms with E-state index in [9.17, 15) is 45.5 Å². The van der Waals surface area contributed by atoms with Crippen molar-refractivity contribution in [1.29, 1.82) is 0 Å². The van der Waals surface area contributed by atoms with Gasteiger partial charge in [-0.1, -0.05) is 36.4 Å². The topological polar surface area (TPSA) is 175 Å². The normalized spacial score (nSPS) is 18.1. The minimum absolute atomic E-state index is 0.191. The largest absolute Gasteiger partial charge is 0.453 e. The number of halogens is 6. The molecule has 4 heterocycles. The third kappa shape index (κ3) is 9.26. The average molecular weight is 843 g/mol. The lowest BCUT2D eigenvalue weighted by atomic mass is 10.00. The number of alkyl carbamates (subject to hydrolysis) is 2. The van der Waals surface area contributed by atoms with Crippen molar-refractivity contribution in [3.8, 4) is 22.3 Å². The van der Waals surface area contributed by atoms with Crippen LogP contribution in [-0.4, -0.2) is 105 Å². The van der Waals surface area contributed by atoms with Crippen LogP contribution in [0, 0.1) is 0 Å². The Kier molecular flexibility index (Phi) is 11.7. The summed E-state index contributed by atoms with van der Waals surface area (Å²) in [5.41, 5.74) is 5.95. The van der Waals surface area contributed by atoms with Crippen molar-refractivity contribution >= 4 is 46.1 Å². The molecule has 0 spiro atoms. The van der Waals surface area contributed by atoms with Crippen LogP contribution in [0.25, 0.3) is 44.3 Å². The monoisotopic (exact) mass is 842 g/mol. The van der Waals surface area contributed by atoms with Gasteiger partial charge in [-0.15, -0.1) is 0 Å².